The molecule has 4 nitrogen and oxygen atoms in total. The predicted molar refractivity (Wildman–Crippen MR) is 108 cm³/mol. The van der Waals surface area contributed by atoms with Gasteiger partial charge in [0, 0.05) is 24.9 Å². The largest absolute Gasteiger partial charge is 0.459 e. The maximum absolute atomic E-state index is 11.1. The van der Waals surface area contributed by atoms with Gasteiger partial charge in [0.05, 0.1) is 0 Å². The van der Waals surface area contributed by atoms with Crippen molar-refractivity contribution in [2.24, 2.45) is 5.41 Å². The minimum absolute atomic E-state index is 0.0422. The van der Waals surface area contributed by atoms with Crippen molar-refractivity contribution >= 4 is 14.3 Å². The van der Waals surface area contributed by atoms with Crippen LogP contribution in [0.15, 0.2) is 12.2 Å². The highest BCUT2D eigenvalue weighted by Gasteiger charge is 2.75. The maximum atomic E-state index is 11.1. The molecule has 0 N–H and O–H groups in total. The number of rotatable bonds is 5. The Morgan fingerprint density at radius 2 is 1.81 bits per heavy atom. The van der Waals surface area contributed by atoms with Crippen molar-refractivity contribution < 1.29 is 18.7 Å². The van der Waals surface area contributed by atoms with Crippen molar-refractivity contribution in [3.8, 4) is 0 Å². The van der Waals surface area contributed by atoms with E-state index in [0.29, 0.717) is 0 Å². The van der Waals surface area contributed by atoms with Gasteiger partial charge in [0.25, 0.3) is 0 Å². The summed E-state index contributed by atoms with van der Waals surface area (Å²) in [5.41, 5.74) is -0.560. The van der Waals surface area contributed by atoms with Gasteiger partial charge in [0.2, 0.25) is 0 Å². The molecule has 4 atom stereocenters. The summed E-state index contributed by atoms with van der Waals surface area (Å²) in [6.07, 6.45) is 5.96. The molecule has 1 aliphatic heterocycles. The average molecular weight is 383 g/mol. The van der Waals surface area contributed by atoms with Gasteiger partial charge in [0.1, 0.15) is 17.3 Å². The SMILES string of the molecule is CC(=O)O[C@@H](C)/C=C/[C@@]12O[C@]1(C)C[C@@H](O[Si](C)(C)C(C)(C)C)CC2(C)C. The molecule has 150 valence electrons. The van der Waals surface area contributed by atoms with Crippen LogP contribution in [0, 0.1) is 5.41 Å². The zero-order valence-electron chi connectivity index (χ0n) is 18.4. The lowest BCUT2D eigenvalue weighted by molar-refractivity contribution is -0.143. The molecule has 2 fully saturated rings. The van der Waals surface area contributed by atoms with Crippen LogP contribution in [-0.4, -0.2) is 37.7 Å². The minimum Gasteiger partial charge on any atom is -0.459 e. The molecule has 0 amide bonds. The summed E-state index contributed by atoms with van der Waals surface area (Å²) in [6, 6.07) is 0. The smallest absolute Gasteiger partial charge is 0.303 e. The first-order valence-electron chi connectivity index (χ1n) is 9.80. The van der Waals surface area contributed by atoms with Crippen molar-refractivity contribution in [3.05, 3.63) is 12.2 Å². The Balaban J connectivity index is 2.15. The summed E-state index contributed by atoms with van der Waals surface area (Å²) >= 11 is 0. The van der Waals surface area contributed by atoms with Crippen molar-refractivity contribution in [2.45, 2.75) is 110 Å². The molecule has 26 heavy (non-hydrogen) atoms. The van der Waals surface area contributed by atoms with Crippen LogP contribution in [0.3, 0.4) is 0 Å². The Hall–Kier alpha value is -0.653. The molecule has 0 aromatic heterocycles. The minimum atomic E-state index is -1.81. The molecule has 0 bridgehead atoms. The molecule has 1 aliphatic carbocycles. The number of fused-ring (bicyclic) bond motifs is 1. The number of carbonyl (C=O) groups is 1. The van der Waals surface area contributed by atoms with Crippen molar-refractivity contribution in [2.75, 3.05) is 0 Å². The number of epoxide rings is 1. The summed E-state index contributed by atoms with van der Waals surface area (Å²) in [4.78, 5) is 11.1. The normalized spacial score (nSPS) is 35.1. The van der Waals surface area contributed by atoms with Crippen LogP contribution < -0.4 is 0 Å². The highest BCUT2D eigenvalue weighted by Crippen LogP contribution is 2.66. The van der Waals surface area contributed by atoms with Gasteiger partial charge < -0.3 is 13.9 Å². The lowest BCUT2D eigenvalue weighted by Crippen LogP contribution is -2.51. The highest BCUT2D eigenvalue weighted by molar-refractivity contribution is 6.74. The summed E-state index contributed by atoms with van der Waals surface area (Å²) in [5, 5.41) is 0.205. The third-order valence-corrected chi connectivity index (χ3v) is 11.2. The van der Waals surface area contributed by atoms with Gasteiger partial charge in [0.15, 0.2) is 8.32 Å². The Labute approximate surface area is 160 Å². The number of hydrogen-bond acceptors (Lipinski definition) is 4. The summed E-state index contributed by atoms with van der Waals surface area (Å²) in [6.45, 7) is 21.5. The van der Waals surface area contributed by atoms with E-state index in [0.717, 1.165) is 12.8 Å². The van der Waals surface area contributed by atoms with E-state index in [9.17, 15) is 4.79 Å². The highest BCUT2D eigenvalue weighted by atomic mass is 28.4. The zero-order valence-corrected chi connectivity index (χ0v) is 19.4. The molecule has 0 radical (unpaired) electrons. The van der Waals surface area contributed by atoms with E-state index >= 15 is 0 Å². The van der Waals surface area contributed by atoms with Gasteiger partial charge in [-0.2, -0.15) is 0 Å². The van der Waals surface area contributed by atoms with Crippen molar-refractivity contribution in [1.82, 2.24) is 0 Å². The van der Waals surface area contributed by atoms with E-state index in [-0.39, 0.29) is 39.8 Å². The van der Waals surface area contributed by atoms with Gasteiger partial charge in [-0.3, -0.25) is 4.79 Å². The standard InChI is InChI=1S/C21H38O4Si/c1-15(23-16(2)22)11-12-21-19(6,7)13-17(14-20(21,8)25-21)24-26(9,10)18(3,4)5/h11-12,15,17H,13-14H2,1-10H3/b12-11+/t15-,17-,20+,21-/m0/s1. The van der Waals surface area contributed by atoms with Gasteiger partial charge in [-0.1, -0.05) is 34.6 Å². The molecule has 2 aliphatic rings. The molecule has 0 aromatic carbocycles. The molecule has 0 aromatic rings. The summed E-state index contributed by atoms with van der Waals surface area (Å²) in [5.74, 6) is -0.259. The van der Waals surface area contributed by atoms with Gasteiger partial charge in [-0.05, 0) is 50.6 Å². The van der Waals surface area contributed by atoms with Gasteiger partial charge >= 0.3 is 5.97 Å². The molecular weight excluding hydrogens is 344 g/mol. The fraction of sp³-hybridized carbons (Fsp3) is 0.857. The van der Waals surface area contributed by atoms with Crippen LogP contribution in [0.2, 0.25) is 18.1 Å². The van der Waals surface area contributed by atoms with Crippen molar-refractivity contribution in [3.63, 3.8) is 0 Å². The average Bonchev–Trinajstić information content (AvgIpc) is 3.00. The monoisotopic (exact) mass is 382 g/mol. The Bertz CT molecular complexity index is 589. The molecular formula is C21H38O4Si. The first kappa shape index (κ1) is 21.6. The second-order valence-electron chi connectivity index (χ2n) is 10.5. The number of hydrogen-bond donors (Lipinski definition) is 0. The molecule has 0 unspecified atom stereocenters. The molecule has 1 heterocycles. The van der Waals surface area contributed by atoms with Gasteiger partial charge in [-0.15, -0.1) is 0 Å². The first-order chi connectivity index (χ1) is 11.6. The van der Waals surface area contributed by atoms with Crippen molar-refractivity contribution in [1.29, 1.82) is 0 Å². The third kappa shape index (κ3) is 3.81. The number of ether oxygens (including phenoxy) is 2. The van der Waals surface area contributed by atoms with Crippen LogP contribution in [0.5, 0.6) is 0 Å². The molecule has 0 spiro atoms. The van der Waals surface area contributed by atoms with E-state index in [4.69, 9.17) is 13.9 Å². The van der Waals surface area contributed by atoms with E-state index < -0.39 is 8.32 Å². The fourth-order valence-electron chi connectivity index (χ4n) is 4.29. The lowest BCUT2D eigenvalue weighted by Gasteiger charge is -2.45. The predicted octanol–water partition coefficient (Wildman–Crippen LogP) is 5.23. The van der Waals surface area contributed by atoms with Crippen LogP contribution in [-0.2, 0) is 18.7 Å². The van der Waals surface area contributed by atoms with E-state index in [2.05, 4.69) is 60.7 Å². The Kier molecular flexibility index (Phi) is 5.37. The first-order valence-corrected chi connectivity index (χ1v) is 12.7. The zero-order chi connectivity index (χ0) is 20.2. The Morgan fingerprint density at radius 3 is 2.27 bits per heavy atom. The second kappa shape index (κ2) is 6.45. The summed E-state index contributed by atoms with van der Waals surface area (Å²) < 4.78 is 18.3. The van der Waals surface area contributed by atoms with E-state index in [1.54, 1.807) is 0 Å². The Morgan fingerprint density at radius 1 is 1.23 bits per heavy atom. The molecule has 5 heteroatoms. The number of carbonyl (C=O) groups excluding carboxylic acids is 1. The molecule has 1 saturated heterocycles. The van der Waals surface area contributed by atoms with Crippen LogP contribution in [0.4, 0.5) is 0 Å². The maximum Gasteiger partial charge on any atom is 0.303 e. The van der Waals surface area contributed by atoms with E-state index in [1.807, 2.05) is 13.0 Å². The topological polar surface area (TPSA) is 48.1 Å². The third-order valence-electron chi connectivity index (χ3n) is 6.71. The lowest BCUT2D eigenvalue weighted by atomic mass is 9.63. The summed E-state index contributed by atoms with van der Waals surface area (Å²) in [7, 11) is -1.81. The fourth-order valence-corrected chi connectivity index (χ4v) is 5.64. The van der Waals surface area contributed by atoms with Gasteiger partial charge in [-0.25, -0.2) is 0 Å². The van der Waals surface area contributed by atoms with E-state index in [1.165, 1.54) is 6.92 Å². The van der Waals surface area contributed by atoms with Crippen LogP contribution in [0.25, 0.3) is 0 Å². The quantitative estimate of drug-likeness (QED) is 0.283. The molecule has 1 saturated carbocycles. The second-order valence-corrected chi connectivity index (χ2v) is 15.3. The number of esters is 1. The molecule has 2 rings (SSSR count). The van der Waals surface area contributed by atoms with Crippen LogP contribution in [0.1, 0.15) is 68.2 Å². The van der Waals surface area contributed by atoms with Crippen LogP contribution >= 0.6 is 0 Å².